The third-order valence-electron chi connectivity index (χ3n) is 3.29. The Labute approximate surface area is 136 Å². The topological polar surface area (TPSA) is 63.2 Å². The Morgan fingerprint density at radius 1 is 1.14 bits per heavy atom. The van der Waals surface area contributed by atoms with Crippen LogP contribution in [0, 0.1) is 12.3 Å². The van der Waals surface area contributed by atoms with Crippen LogP contribution in [0.3, 0.4) is 0 Å². The van der Waals surface area contributed by atoms with Gasteiger partial charge in [0.25, 0.3) is 0 Å². The van der Waals surface area contributed by atoms with E-state index in [1.807, 2.05) is 6.92 Å². The second kappa shape index (κ2) is 7.54. The van der Waals surface area contributed by atoms with Crippen LogP contribution in [0.15, 0.2) is 18.2 Å². The molecular weight excluding hydrogens is 302 g/mol. The first-order valence-electron chi connectivity index (χ1n) is 7.20. The molecule has 0 fully saturated rings. The van der Waals surface area contributed by atoms with Gasteiger partial charge in [-0.25, -0.2) is 0 Å². The number of rotatable bonds is 6. The van der Waals surface area contributed by atoms with E-state index in [0.29, 0.717) is 10.7 Å². The van der Waals surface area contributed by atoms with Crippen molar-refractivity contribution in [2.24, 2.45) is 5.41 Å². The third kappa shape index (κ3) is 5.98. The average molecular weight is 324 g/mol. The Hall–Kier alpha value is -1.68. The second-order valence-corrected chi connectivity index (χ2v) is 6.83. The van der Waals surface area contributed by atoms with Gasteiger partial charge in [0.1, 0.15) is 11.6 Å². The van der Waals surface area contributed by atoms with Crippen LogP contribution in [-0.2, 0) is 14.4 Å². The second-order valence-electron chi connectivity index (χ2n) is 6.40. The highest BCUT2D eigenvalue weighted by molar-refractivity contribution is 6.30. The van der Waals surface area contributed by atoms with E-state index in [-0.39, 0.29) is 36.7 Å². The van der Waals surface area contributed by atoms with E-state index in [9.17, 15) is 14.4 Å². The number of Topliss-reactive ketones (excluding diaryl/α,β-unsaturated/α-hetero) is 2. The predicted octanol–water partition coefficient (Wildman–Crippen LogP) is 3.94. The predicted molar refractivity (Wildman–Crippen MR) is 88.1 cm³/mol. The molecule has 120 valence electrons. The molecule has 1 aromatic carbocycles. The molecule has 5 heteroatoms. The van der Waals surface area contributed by atoms with Gasteiger partial charge >= 0.3 is 0 Å². The number of carbonyl (C=O) groups excluding carboxylic acids is 3. The van der Waals surface area contributed by atoms with Gasteiger partial charge in [-0.15, -0.1) is 0 Å². The fourth-order valence-corrected chi connectivity index (χ4v) is 1.99. The van der Waals surface area contributed by atoms with Crippen LogP contribution < -0.4 is 5.32 Å². The van der Waals surface area contributed by atoms with Gasteiger partial charge in [-0.2, -0.15) is 0 Å². The smallest absolute Gasteiger partial charge is 0.224 e. The van der Waals surface area contributed by atoms with Gasteiger partial charge in [-0.3, -0.25) is 14.4 Å². The number of carbonyl (C=O) groups is 3. The maximum atomic E-state index is 11.9. The van der Waals surface area contributed by atoms with Gasteiger partial charge < -0.3 is 5.32 Å². The molecule has 0 bridgehead atoms. The molecule has 4 nitrogen and oxygen atoms in total. The molecule has 0 aliphatic heterocycles. The van der Waals surface area contributed by atoms with Crippen LogP contribution in [0.4, 0.5) is 5.69 Å². The van der Waals surface area contributed by atoms with Crippen LogP contribution in [0.25, 0.3) is 0 Å². The highest BCUT2D eigenvalue weighted by atomic mass is 35.5. The molecule has 0 unspecified atom stereocenters. The summed E-state index contributed by atoms with van der Waals surface area (Å²) in [5, 5.41) is 3.34. The molecule has 0 aromatic heterocycles. The van der Waals surface area contributed by atoms with E-state index in [1.165, 1.54) is 0 Å². The quantitative estimate of drug-likeness (QED) is 0.806. The molecule has 0 saturated carbocycles. The van der Waals surface area contributed by atoms with Crippen LogP contribution >= 0.6 is 11.6 Å². The van der Waals surface area contributed by atoms with Crippen LogP contribution in [0.5, 0.6) is 0 Å². The van der Waals surface area contributed by atoms with E-state index in [4.69, 9.17) is 11.6 Å². The number of ketones is 2. The molecule has 0 radical (unpaired) electrons. The summed E-state index contributed by atoms with van der Waals surface area (Å²) >= 11 is 5.85. The van der Waals surface area contributed by atoms with E-state index in [1.54, 1.807) is 39.0 Å². The summed E-state index contributed by atoms with van der Waals surface area (Å²) < 4.78 is 0. The molecule has 22 heavy (non-hydrogen) atoms. The number of hydrogen-bond donors (Lipinski definition) is 1. The number of benzene rings is 1. The number of anilines is 1. The maximum absolute atomic E-state index is 11.9. The molecule has 0 atom stereocenters. The van der Waals surface area contributed by atoms with Crippen LogP contribution in [-0.4, -0.2) is 17.5 Å². The molecule has 0 aliphatic carbocycles. The number of aryl methyl sites for hydroxylation is 1. The summed E-state index contributed by atoms with van der Waals surface area (Å²) in [4.78, 5) is 35.4. The first kappa shape index (κ1) is 18.4. The molecule has 1 aromatic rings. The van der Waals surface area contributed by atoms with E-state index >= 15 is 0 Å². The summed E-state index contributed by atoms with van der Waals surface area (Å²) in [6, 6.07) is 5.17. The lowest BCUT2D eigenvalue weighted by atomic mass is 9.87. The summed E-state index contributed by atoms with van der Waals surface area (Å²) in [6.45, 7) is 7.17. The zero-order valence-electron chi connectivity index (χ0n) is 13.5. The largest absolute Gasteiger partial charge is 0.326 e. The van der Waals surface area contributed by atoms with Crippen molar-refractivity contribution in [3.63, 3.8) is 0 Å². The van der Waals surface area contributed by atoms with Crippen molar-refractivity contribution in [1.29, 1.82) is 0 Å². The van der Waals surface area contributed by atoms with E-state index in [2.05, 4.69) is 5.32 Å². The monoisotopic (exact) mass is 323 g/mol. The molecule has 1 amide bonds. The van der Waals surface area contributed by atoms with E-state index in [0.717, 1.165) is 5.56 Å². The molecular formula is C17H22ClNO3. The first-order valence-corrected chi connectivity index (χ1v) is 7.58. The van der Waals surface area contributed by atoms with Gasteiger partial charge in [-0.1, -0.05) is 32.4 Å². The highest BCUT2D eigenvalue weighted by Crippen LogP contribution is 2.20. The zero-order chi connectivity index (χ0) is 16.9. The number of amides is 1. The molecule has 0 aliphatic rings. The summed E-state index contributed by atoms with van der Waals surface area (Å²) in [5.41, 5.74) is 1.00. The van der Waals surface area contributed by atoms with E-state index < -0.39 is 5.41 Å². The Morgan fingerprint density at radius 2 is 1.77 bits per heavy atom. The summed E-state index contributed by atoms with van der Waals surface area (Å²) in [5.74, 6) is -0.559. The summed E-state index contributed by atoms with van der Waals surface area (Å²) in [6.07, 6.45) is 0.0232. The lowest BCUT2D eigenvalue weighted by Crippen LogP contribution is -2.23. The fraction of sp³-hybridized carbons (Fsp3) is 0.471. The molecule has 1 N–H and O–H groups in total. The van der Waals surface area contributed by atoms with Gasteiger partial charge in [0.15, 0.2) is 0 Å². The number of hydrogen-bond acceptors (Lipinski definition) is 3. The van der Waals surface area contributed by atoms with Gasteiger partial charge in [0.2, 0.25) is 5.91 Å². The fourth-order valence-electron chi connectivity index (χ4n) is 1.77. The average Bonchev–Trinajstić information content (AvgIpc) is 2.38. The molecule has 0 spiro atoms. The first-order chi connectivity index (χ1) is 10.1. The van der Waals surface area contributed by atoms with Crippen LogP contribution in [0.1, 0.15) is 45.6 Å². The van der Waals surface area contributed by atoms with Crippen molar-refractivity contribution in [2.45, 2.75) is 47.0 Å². The maximum Gasteiger partial charge on any atom is 0.224 e. The Morgan fingerprint density at radius 3 is 2.32 bits per heavy atom. The van der Waals surface area contributed by atoms with Crippen molar-refractivity contribution in [3.05, 3.63) is 28.8 Å². The number of halogens is 1. The Balaban J connectivity index is 2.46. The molecule has 1 rings (SSSR count). The van der Waals surface area contributed by atoms with Crippen LogP contribution in [0.2, 0.25) is 5.02 Å². The minimum Gasteiger partial charge on any atom is -0.326 e. The van der Waals surface area contributed by atoms with Crippen molar-refractivity contribution >= 4 is 34.8 Å². The standard InChI is InChI=1S/C17H22ClNO3/c1-11-9-12(18)5-7-14(11)19-16(22)8-6-13(20)10-15(21)17(2,3)4/h5,7,9H,6,8,10H2,1-4H3,(H,19,22). The van der Waals surface area contributed by atoms with Crippen molar-refractivity contribution < 1.29 is 14.4 Å². The number of nitrogens with one attached hydrogen (secondary N) is 1. The molecule has 0 heterocycles. The SMILES string of the molecule is Cc1cc(Cl)ccc1NC(=O)CCC(=O)CC(=O)C(C)(C)C. The van der Waals surface area contributed by atoms with Gasteiger partial charge in [0, 0.05) is 29.0 Å². The Kier molecular flexibility index (Phi) is 6.30. The van der Waals surface area contributed by atoms with Gasteiger partial charge in [-0.05, 0) is 30.7 Å². The van der Waals surface area contributed by atoms with Crippen molar-refractivity contribution in [1.82, 2.24) is 0 Å². The highest BCUT2D eigenvalue weighted by Gasteiger charge is 2.23. The summed E-state index contributed by atoms with van der Waals surface area (Å²) in [7, 11) is 0. The zero-order valence-corrected chi connectivity index (χ0v) is 14.2. The minimum atomic E-state index is -0.529. The third-order valence-corrected chi connectivity index (χ3v) is 3.52. The van der Waals surface area contributed by atoms with Crippen molar-refractivity contribution in [3.8, 4) is 0 Å². The van der Waals surface area contributed by atoms with Gasteiger partial charge in [0.05, 0.1) is 6.42 Å². The molecule has 0 saturated heterocycles. The lowest BCUT2D eigenvalue weighted by Gasteiger charge is -2.15. The lowest BCUT2D eigenvalue weighted by molar-refractivity contribution is -0.132. The Bertz CT molecular complexity index is 588. The minimum absolute atomic E-state index is 0.0678. The van der Waals surface area contributed by atoms with Crippen molar-refractivity contribution in [2.75, 3.05) is 5.32 Å². The normalized spacial score (nSPS) is 11.1.